The van der Waals surface area contributed by atoms with E-state index in [4.69, 9.17) is 9.47 Å². The van der Waals surface area contributed by atoms with Crippen LogP contribution in [0.15, 0.2) is 65.5 Å². The fourth-order valence-electron chi connectivity index (χ4n) is 3.60. The van der Waals surface area contributed by atoms with Crippen molar-refractivity contribution in [2.75, 3.05) is 7.11 Å². The van der Waals surface area contributed by atoms with Gasteiger partial charge in [0, 0.05) is 17.8 Å². The molecule has 2 heterocycles. The van der Waals surface area contributed by atoms with Crippen molar-refractivity contribution in [3.05, 3.63) is 87.8 Å². The molecule has 1 aromatic heterocycles. The van der Waals surface area contributed by atoms with Crippen LogP contribution in [0.1, 0.15) is 28.0 Å². The number of ether oxygens (including phenoxy) is 2. The maximum atomic E-state index is 13.0. The number of carbonyl (C=O) groups is 1. The highest BCUT2D eigenvalue weighted by Crippen LogP contribution is 2.26. The van der Waals surface area contributed by atoms with Crippen LogP contribution in [-0.2, 0) is 24.3 Å². The molecular weight excluding hydrogens is 354 g/mol. The van der Waals surface area contributed by atoms with E-state index in [1.807, 2.05) is 54.6 Å². The molecule has 4 rings (SSSR count). The van der Waals surface area contributed by atoms with Crippen LogP contribution < -0.4 is 10.3 Å². The van der Waals surface area contributed by atoms with Crippen LogP contribution in [0.5, 0.6) is 5.75 Å². The zero-order valence-corrected chi connectivity index (χ0v) is 15.7. The number of pyridine rings is 1. The zero-order valence-electron chi connectivity index (χ0n) is 15.7. The number of benzene rings is 2. The quantitative estimate of drug-likeness (QED) is 0.636. The van der Waals surface area contributed by atoms with E-state index in [-0.39, 0.29) is 5.56 Å². The first-order valence-electron chi connectivity index (χ1n) is 9.29. The van der Waals surface area contributed by atoms with Gasteiger partial charge in [-0.3, -0.25) is 4.79 Å². The summed E-state index contributed by atoms with van der Waals surface area (Å²) < 4.78 is 12.5. The number of fused-ring (bicyclic) bond motifs is 1. The van der Waals surface area contributed by atoms with E-state index in [1.165, 1.54) is 7.11 Å². The van der Waals surface area contributed by atoms with Gasteiger partial charge in [-0.2, -0.15) is 0 Å². The average molecular weight is 375 g/mol. The van der Waals surface area contributed by atoms with Crippen molar-refractivity contribution in [2.24, 2.45) is 0 Å². The molecule has 2 aromatic carbocycles. The Balaban J connectivity index is 1.69. The maximum absolute atomic E-state index is 13.0. The summed E-state index contributed by atoms with van der Waals surface area (Å²) in [7, 11) is 1.36. The highest BCUT2D eigenvalue weighted by Gasteiger charge is 2.24. The standard InChI is InChI=1S/C23H21NO4/c1-27-23(26)20-14-19(22(25)24-12-6-11-21(20)24)17-9-5-10-18(13-17)28-15-16-7-3-2-4-8-16/h2-5,7-10,13-14H,6,11-12,15H2,1H3. The first-order chi connectivity index (χ1) is 13.7. The topological polar surface area (TPSA) is 57.5 Å². The minimum atomic E-state index is -0.414. The van der Waals surface area contributed by atoms with E-state index in [9.17, 15) is 9.59 Å². The van der Waals surface area contributed by atoms with Gasteiger partial charge in [-0.15, -0.1) is 0 Å². The van der Waals surface area contributed by atoms with Gasteiger partial charge in [0.25, 0.3) is 5.56 Å². The summed E-state index contributed by atoms with van der Waals surface area (Å²) >= 11 is 0. The normalized spacial score (nSPS) is 12.5. The van der Waals surface area contributed by atoms with Crippen molar-refractivity contribution < 1.29 is 14.3 Å². The highest BCUT2D eigenvalue weighted by molar-refractivity contribution is 5.92. The molecule has 0 spiro atoms. The number of methoxy groups -OCH3 is 1. The van der Waals surface area contributed by atoms with Crippen LogP contribution in [-0.4, -0.2) is 17.6 Å². The van der Waals surface area contributed by atoms with Crippen LogP contribution in [0.25, 0.3) is 11.1 Å². The van der Waals surface area contributed by atoms with Crippen molar-refractivity contribution in [3.63, 3.8) is 0 Å². The van der Waals surface area contributed by atoms with Crippen molar-refractivity contribution in [1.29, 1.82) is 0 Å². The van der Waals surface area contributed by atoms with Crippen molar-refractivity contribution in [2.45, 2.75) is 26.0 Å². The third-order valence-electron chi connectivity index (χ3n) is 4.99. The number of esters is 1. The van der Waals surface area contributed by atoms with Crippen molar-refractivity contribution in [3.8, 4) is 16.9 Å². The second-order valence-electron chi connectivity index (χ2n) is 6.77. The van der Waals surface area contributed by atoms with E-state index in [2.05, 4.69) is 0 Å². The first kappa shape index (κ1) is 18.0. The van der Waals surface area contributed by atoms with Gasteiger partial charge in [0.2, 0.25) is 0 Å². The van der Waals surface area contributed by atoms with Gasteiger partial charge >= 0.3 is 5.97 Å². The van der Waals surface area contributed by atoms with E-state index in [0.717, 1.165) is 23.2 Å². The van der Waals surface area contributed by atoms with Crippen LogP contribution in [0.2, 0.25) is 0 Å². The molecule has 0 bridgehead atoms. The summed E-state index contributed by atoms with van der Waals surface area (Å²) in [6, 6.07) is 19.0. The van der Waals surface area contributed by atoms with E-state index >= 15 is 0 Å². The van der Waals surface area contributed by atoms with Crippen molar-refractivity contribution in [1.82, 2.24) is 4.57 Å². The van der Waals surface area contributed by atoms with Gasteiger partial charge in [-0.25, -0.2) is 4.79 Å². The first-order valence-corrected chi connectivity index (χ1v) is 9.29. The Bertz CT molecular complexity index is 1070. The number of carbonyl (C=O) groups excluding carboxylic acids is 1. The molecule has 0 N–H and O–H groups in total. The van der Waals surface area contributed by atoms with Crippen LogP contribution in [0.3, 0.4) is 0 Å². The summed E-state index contributed by atoms with van der Waals surface area (Å²) in [5, 5.41) is 0. The molecule has 1 aliphatic rings. The Kier molecular flexibility index (Phi) is 4.98. The minimum absolute atomic E-state index is 0.0830. The smallest absolute Gasteiger partial charge is 0.339 e. The predicted molar refractivity (Wildman–Crippen MR) is 107 cm³/mol. The molecule has 0 radical (unpaired) electrons. The Labute approximate surface area is 163 Å². The van der Waals surface area contributed by atoms with E-state index in [1.54, 1.807) is 10.6 Å². The number of aromatic nitrogens is 1. The lowest BCUT2D eigenvalue weighted by atomic mass is 10.0. The molecule has 5 nitrogen and oxygen atoms in total. The summed E-state index contributed by atoms with van der Waals surface area (Å²) in [4.78, 5) is 25.2. The van der Waals surface area contributed by atoms with Gasteiger partial charge in [0.15, 0.2) is 0 Å². The summed E-state index contributed by atoms with van der Waals surface area (Å²) in [6.45, 7) is 1.07. The number of nitrogens with zero attached hydrogens (tertiary/aromatic N) is 1. The Hall–Kier alpha value is -3.34. The van der Waals surface area contributed by atoms with Gasteiger partial charge in [-0.1, -0.05) is 42.5 Å². The van der Waals surface area contributed by atoms with Crippen molar-refractivity contribution >= 4 is 5.97 Å². The minimum Gasteiger partial charge on any atom is -0.489 e. The molecule has 0 saturated heterocycles. The summed E-state index contributed by atoms with van der Waals surface area (Å²) in [5.74, 6) is 0.259. The van der Waals surface area contributed by atoms with E-state index in [0.29, 0.717) is 36.4 Å². The average Bonchev–Trinajstić information content (AvgIpc) is 3.23. The van der Waals surface area contributed by atoms with Gasteiger partial charge in [0.05, 0.1) is 12.7 Å². The van der Waals surface area contributed by atoms with Crippen LogP contribution in [0.4, 0.5) is 0 Å². The molecule has 5 heteroatoms. The lowest BCUT2D eigenvalue weighted by molar-refractivity contribution is 0.0598. The molecule has 0 unspecified atom stereocenters. The molecule has 0 amide bonds. The Morgan fingerprint density at radius 2 is 1.89 bits per heavy atom. The molecular formula is C23H21NO4. The molecule has 0 saturated carbocycles. The maximum Gasteiger partial charge on any atom is 0.339 e. The van der Waals surface area contributed by atoms with Crippen LogP contribution >= 0.6 is 0 Å². The molecule has 3 aromatic rings. The lowest BCUT2D eigenvalue weighted by Crippen LogP contribution is -2.24. The Morgan fingerprint density at radius 1 is 1.07 bits per heavy atom. The molecule has 1 aliphatic heterocycles. The fraction of sp³-hybridized carbons (Fsp3) is 0.217. The fourth-order valence-corrected chi connectivity index (χ4v) is 3.60. The Morgan fingerprint density at radius 3 is 2.68 bits per heavy atom. The van der Waals surface area contributed by atoms with Gasteiger partial charge in [-0.05, 0) is 42.2 Å². The monoisotopic (exact) mass is 375 g/mol. The summed E-state index contributed by atoms with van der Waals surface area (Å²) in [6.07, 6.45) is 1.56. The number of rotatable bonds is 5. The SMILES string of the molecule is COC(=O)c1cc(-c2cccc(OCc3ccccc3)c2)c(=O)n2c1CCC2. The third-order valence-corrected chi connectivity index (χ3v) is 4.99. The third kappa shape index (κ3) is 3.43. The zero-order chi connectivity index (χ0) is 19.5. The molecule has 142 valence electrons. The molecule has 0 fully saturated rings. The van der Waals surface area contributed by atoms with E-state index < -0.39 is 5.97 Å². The van der Waals surface area contributed by atoms with Crippen LogP contribution in [0, 0.1) is 0 Å². The second-order valence-corrected chi connectivity index (χ2v) is 6.77. The van der Waals surface area contributed by atoms with Gasteiger partial charge in [0.1, 0.15) is 12.4 Å². The largest absolute Gasteiger partial charge is 0.489 e. The molecule has 0 aliphatic carbocycles. The second kappa shape index (κ2) is 7.72. The number of hydrogen-bond donors (Lipinski definition) is 0. The van der Waals surface area contributed by atoms with Gasteiger partial charge < -0.3 is 14.0 Å². The molecule has 28 heavy (non-hydrogen) atoms. The molecule has 0 atom stereocenters. The lowest BCUT2D eigenvalue weighted by Gasteiger charge is -2.13. The number of hydrogen-bond acceptors (Lipinski definition) is 4. The highest BCUT2D eigenvalue weighted by atomic mass is 16.5. The predicted octanol–water partition coefficient (Wildman–Crippen LogP) is 3.83. The summed E-state index contributed by atoms with van der Waals surface area (Å²) in [5.41, 5.74) is 3.42.